The Kier molecular flexibility index (Phi) is 3.70. The average molecular weight is 254 g/mol. The van der Waals surface area contributed by atoms with Gasteiger partial charge in [0.25, 0.3) is 0 Å². The van der Waals surface area contributed by atoms with E-state index in [0.29, 0.717) is 13.0 Å². The summed E-state index contributed by atoms with van der Waals surface area (Å²) in [5.74, 6) is 0.250. The van der Waals surface area contributed by atoms with Crippen LogP contribution in [0.15, 0.2) is 0 Å². The Bertz CT molecular complexity index is 320. The Hall–Kier alpha value is -0.610. The number of amides is 1. The summed E-state index contributed by atoms with van der Waals surface area (Å²) in [6.45, 7) is 12.0. The molecule has 1 atom stereocenters. The predicted octanol–water partition coefficient (Wildman–Crippen LogP) is 1.85. The smallest absolute Gasteiger partial charge is 0.227 e. The van der Waals surface area contributed by atoms with Crippen LogP contribution in [-0.2, 0) is 9.53 Å². The minimum atomic E-state index is -0.365. The number of hydrogen-bond acceptors (Lipinski definition) is 3. The van der Waals surface area contributed by atoms with Gasteiger partial charge >= 0.3 is 0 Å². The SMILES string of the molecule is CCN1C(=O)CCOC12CCCN(C(C)(C)C)C2. The van der Waals surface area contributed by atoms with Crippen molar-refractivity contribution >= 4 is 5.91 Å². The van der Waals surface area contributed by atoms with Crippen molar-refractivity contribution < 1.29 is 9.53 Å². The molecule has 0 aromatic heterocycles. The standard InChI is InChI=1S/C14H26N2O2/c1-5-16-12(17)7-10-18-14(16)8-6-9-15(11-14)13(2,3)4/h5-11H2,1-4H3. The Morgan fingerprint density at radius 1 is 1.39 bits per heavy atom. The number of rotatable bonds is 1. The molecule has 2 fully saturated rings. The van der Waals surface area contributed by atoms with Crippen LogP contribution >= 0.6 is 0 Å². The molecule has 4 heteroatoms. The quantitative estimate of drug-likeness (QED) is 0.716. The Morgan fingerprint density at radius 2 is 2.11 bits per heavy atom. The molecular formula is C14H26N2O2. The van der Waals surface area contributed by atoms with Crippen LogP contribution < -0.4 is 0 Å². The van der Waals surface area contributed by atoms with Crippen LogP contribution in [0.1, 0.15) is 47.0 Å². The maximum absolute atomic E-state index is 12.1. The second-order valence-electron chi connectivity index (χ2n) is 6.38. The first-order valence-electron chi connectivity index (χ1n) is 7.08. The lowest BCUT2D eigenvalue weighted by molar-refractivity contribution is -0.218. The van der Waals surface area contributed by atoms with Gasteiger partial charge in [0.05, 0.1) is 13.0 Å². The van der Waals surface area contributed by atoms with Gasteiger partial charge in [-0.15, -0.1) is 0 Å². The molecule has 0 aromatic carbocycles. The van der Waals surface area contributed by atoms with Gasteiger partial charge in [-0.05, 0) is 47.1 Å². The molecule has 2 aliphatic rings. The summed E-state index contributed by atoms with van der Waals surface area (Å²) in [6.07, 6.45) is 2.60. The molecule has 1 unspecified atom stereocenters. The van der Waals surface area contributed by atoms with Crippen LogP contribution in [0.2, 0.25) is 0 Å². The van der Waals surface area contributed by atoms with Crippen molar-refractivity contribution in [1.29, 1.82) is 0 Å². The maximum atomic E-state index is 12.1. The summed E-state index contributed by atoms with van der Waals surface area (Å²) in [5, 5.41) is 0. The maximum Gasteiger partial charge on any atom is 0.227 e. The molecule has 1 amide bonds. The van der Waals surface area contributed by atoms with Gasteiger partial charge in [-0.2, -0.15) is 0 Å². The summed E-state index contributed by atoms with van der Waals surface area (Å²) in [4.78, 5) is 16.5. The van der Waals surface area contributed by atoms with E-state index in [1.54, 1.807) is 0 Å². The number of carbonyl (C=O) groups is 1. The fraction of sp³-hybridized carbons (Fsp3) is 0.929. The van der Waals surface area contributed by atoms with Crippen molar-refractivity contribution in [2.75, 3.05) is 26.2 Å². The first-order valence-corrected chi connectivity index (χ1v) is 7.08. The van der Waals surface area contributed by atoms with Crippen LogP contribution in [0.5, 0.6) is 0 Å². The van der Waals surface area contributed by atoms with E-state index in [1.807, 2.05) is 11.8 Å². The Labute approximate surface area is 110 Å². The number of likely N-dealkylation sites (tertiary alicyclic amines) is 1. The van der Waals surface area contributed by atoms with E-state index in [2.05, 4.69) is 25.7 Å². The highest BCUT2D eigenvalue weighted by atomic mass is 16.5. The minimum Gasteiger partial charge on any atom is -0.354 e. The highest BCUT2D eigenvalue weighted by Gasteiger charge is 2.47. The van der Waals surface area contributed by atoms with E-state index < -0.39 is 0 Å². The molecule has 2 aliphatic heterocycles. The fourth-order valence-electron chi connectivity index (χ4n) is 3.15. The van der Waals surface area contributed by atoms with Crippen LogP contribution in [0.25, 0.3) is 0 Å². The summed E-state index contributed by atoms with van der Waals surface area (Å²) in [6, 6.07) is 0. The van der Waals surface area contributed by atoms with Crippen molar-refractivity contribution in [2.45, 2.75) is 58.2 Å². The second-order valence-corrected chi connectivity index (χ2v) is 6.38. The van der Waals surface area contributed by atoms with Crippen LogP contribution in [0.4, 0.5) is 0 Å². The molecule has 0 aromatic rings. The summed E-state index contributed by atoms with van der Waals surface area (Å²) in [7, 11) is 0. The van der Waals surface area contributed by atoms with Gasteiger partial charge in [-0.1, -0.05) is 0 Å². The average Bonchev–Trinajstić information content (AvgIpc) is 2.28. The molecule has 1 spiro atoms. The summed E-state index contributed by atoms with van der Waals surface area (Å²) in [5.41, 5.74) is -0.230. The van der Waals surface area contributed by atoms with Crippen molar-refractivity contribution in [3.05, 3.63) is 0 Å². The molecule has 2 rings (SSSR count). The topological polar surface area (TPSA) is 32.8 Å². The third kappa shape index (κ3) is 2.41. The number of carbonyl (C=O) groups excluding carboxylic acids is 1. The van der Waals surface area contributed by atoms with Crippen molar-refractivity contribution in [1.82, 2.24) is 9.80 Å². The third-order valence-corrected chi connectivity index (χ3v) is 4.18. The first kappa shape index (κ1) is 13.8. The highest BCUT2D eigenvalue weighted by molar-refractivity contribution is 5.77. The Morgan fingerprint density at radius 3 is 2.72 bits per heavy atom. The lowest BCUT2D eigenvalue weighted by Gasteiger charge is -2.53. The van der Waals surface area contributed by atoms with Gasteiger partial charge in [0.15, 0.2) is 5.72 Å². The van der Waals surface area contributed by atoms with Gasteiger partial charge in [0.1, 0.15) is 0 Å². The fourth-order valence-corrected chi connectivity index (χ4v) is 3.15. The number of hydrogen-bond donors (Lipinski definition) is 0. The van der Waals surface area contributed by atoms with Gasteiger partial charge in [0, 0.05) is 18.6 Å². The normalized spacial score (nSPS) is 31.1. The molecule has 2 heterocycles. The molecule has 0 N–H and O–H groups in total. The highest BCUT2D eigenvalue weighted by Crippen LogP contribution is 2.35. The molecule has 0 saturated carbocycles. The number of nitrogens with zero attached hydrogens (tertiary/aromatic N) is 2. The molecule has 0 radical (unpaired) electrons. The van der Waals surface area contributed by atoms with Crippen molar-refractivity contribution in [3.63, 3.8) is 0 Å². The van der Waals surface area contributed by atoms with Crippen molar-refractivity contribution in [3.8, 4) is 0 Å². The van der Waals surface area contributed by atoms with Crippen LogP contribution in [0.3, 0.4) is 0 Å². The molecule has 4 nitrogen and oxygen atoms in total. The summed E-state index contributed by atoms with van der Waals surface area (Å²) >= 11 is 0. The molecule has 0 bridgehead atoms. The first-order chi connectivity index (χ1) is 8.39. The van der Waals surface area contributed by atoms with E-state index in [1.165, 1.54) is 0 Å². The number of likely N-dealkylation sites (N-methyl/N-ethyl adjacent to an activating group) is 1. The lowest BCUT2D eigenvalue weighted by Crippen LogP contribution is -2.66. The number of ether oxygens (including phenoxy) is 1. The zero-order chi connectivity index (χ0) is 13.4. The van der Waals surface area contributed by atoms with Gasteiger partial charge < -0.3 is 9.64 Å². The van der Waals surface area contributed by atoms with E-state index in [9.17, 15) is 4.79 Å². The van der Waals surface area contributed by atoms with E-state index >= 15 is 0 Å². The zero-order valence-electron chi connectivity index (χ0n) is 12.2. The molecule has 0 aliphatic carbocycles. The zero-order valence-corrected chi connectivity index (χ0v) is 12.2. The van der Waals surface area contributed by atoms with Crippen LogP contribution in [-0.4, -0.2) is 53.2 Å². The van der Waals surface area contributed by atoms with Gasteiger partial charge in [-0.25, -0.2) is 0 Å². The molecule has 104 valence electrons. The van der Waals surface area contributed by atoms with Gasteiger partial charge in [0.2, 0.25) is 5.91 Å². The van der Waals surface area contributed by atoms with Gasteiger partial charge in [-0.3, -0.25) is 9.69 Å². The summed E-state index contributed by atoms with van der Waals surface area (Å²) < 4.78 is 6.07. The Balaban J connectivity index is 2.20. The largest absolute Gasteiger partial charge is 0.354 e. The number of piperidine rings is 1. The minimum absolute atomic E-state index is 0.136. The van der Waals surface area contributed by atoms with E-state index in [-0.39, 0.29) is 17.2 Å². The van der Waals surface area contributed by atoms with Crippen LogP contribution in [0, 0.1) is 0 Å². The van der Waals surface area contributed by atoms with E-state index in [0.717, 1.165) is 32.5 Å². The molecule has 2 saturated heterocycles. The molecule has 18 heavy (non-hydrogen) atoms. The monoisotopic (exact) mass is 254 g/mol. The van der Waals surface area contributed by atoms with E-state index in [4.69, 9.17) is 4.74 Å². The van der Waals surface area contributed by atoms with Crippen molar-refractivity contribution in [2.24, 2.45) is 0 Å². The lowest BCUT2D eigenvalue weighted by atomic mass is 9.93. The predicted molar refractivity (Wildman–Crippen MR) is 71.2 cm³/mol. The molecular weight excluding hydrogens is 228 g/mol. The second kappa shape index (κ2) is 4.82. The third-order valence-electron chi connectivity index (χ3n) is 4.18.